The molecular weight excluding hydrogens is 144 g/mol. The van der Waals surface area contributed by atoms with E-state index in [4.69, 9.17) is 0 Å². The lowest BCUT2D eigenvalue weighted by Gasteiger charge is -2.57. The highest BCUT2D eigenvalue weighted by atomic mass is 14.6. The Morgan fingerprint density at radius 3 is 0.667 bits per heavy atom. The van der Waals surface area contributed by atoms with E-state index in [9.17, 15) is 0 Å². The molecule has 0 heterocycles. The largest absolute Gasteiger partial charge is 0.0839 e. The zero-order valence-electron chi connectivity index (χ0n) is 6.93. The van der Waals surface area contributed by atoms with E-state index >= 15 is 0 Å². The maximum Gasteiger partial charge on any atom is -0.00957 e. The van der Waals surface area contributed by atoms with E-state index in [0.29, 0.717) is 0 Å². The van der Waals surface area contributed by atoms with E-state index in [2.05, 4.69) is 36.5 Å². The molecule has 0 N–H and O–H groups in total. The first-order chi connectivity index (χ1) is 5.95. The first-order valence-corrected chi connectivity index (χ1v) is 5.00. The summed E-state index contributed by atoms with van der Waals surface area (Å²) in [4.78, 5) is 0. The molecule has 12 heavy (non-hydrogen) atoms. The van der Waals surface area contributed by atoms with Crippen molar-refractivity contribution in [2.24, 2.45) is 35.5 Å². The van der Waals surface area contributed by atoms with Crippen LogP contribution in [0, 0.1) is 35.5 Å². The maximum atomic E-state index is 2.47. The summed E-state index contributed by atoms with van der Waals surface area (Å²) in [5.41, 5.74) is 0. The van der Waals surface area contributed by atoms with Crippen LogP contribution >= 0.6 is 0 Å². The van der Waals surface area contributed by atoms with Gasteiger partial charge in [-0.25, -0.2) is 0 Å². The third-order valence-corrected chi connectivity index (χ3v) is 4.33. The van der Waals surface area contributed by atoms with Gasteiger partial charge in [-0.3, -0.25) is 0 Å². The molecule has 5 aliphatic carbocycles. The Hall–Kier alpha value is -0.780. The number of hydrogen-bond acceptors (Lipinski definition) is 0. The van der Waals surface area contributed by atoms with Crippen molar-refractivity contribution < 1.29 is 0 Å². The highest BCUT2D eigenvalue weighted by Gasteiger charge is 2.53. The Kier molecular flexibility index (Phi) is 0.778. The molecule has 1 saturated carbocycles. The Balaban J connectivity index is 1.90. The fourth-order valence-corrected chi connectivity index (χ4v) is 3.56. The molecule has 0 aliphatic heterocycles. The summed E-state index contributed by atoms with van der Waals surface area (Å²) in [6.45, 7) is 0. The normalized spacial score (nSPS) is 62.0. The summed E-state index contributed by atoms with van der Waals surface area (Å²) in [7, 11) is 0. The first-order valence-electron chi connectivity index (χ1n) is 5.00. The van der Waals surface area contributed by atoms with Crippen LogP contribution in [0.1, 0.15) is 0 Å². The van der Waals surface area contributed by atoms with Crippen molar-refractivity contribution >= 4 is 0 Å². The lowest BCUT2D eigenvalue weighted by atomic mass is 9.47. The van der Waals surface area contributed by atoms with Crippen LogP contribution in [0.3, 0.4) is 0 Å². The zero-order chi connectivity index (χ0) is 7.71. The van der Waals surface area contributed by atoms with Crippen molar-refractivity contribution in [2.75, 3.05) is 0 Å². The average molecular weight is 156 g/mol. The number of rotatable bonds is 0. The predicted octanol–water partition coefficient (Wildman–Crippen LogP) is 2.41. The SMILES string of the molecule is C1=CC2C1C1C=CC2C2C=CC21. The quantitative estimate of drug-likeness (QED) is 0.472. The minimum absolute atomic E-state index is 0.861. The van der Waals surface area contributed by atoms with E-state index in [1.165, 1.54) is 0 Å². The van der Waals surface area contributed by atoms with Crippen molar-refractivity contribution in [3.63, 3.8) is 0 Å². The van der Waals surface area contributed by atoms with Crippen LogP contribution in [0.15, 0.2) is 36.5 Å². The van der Waals surface area contributed by atoms with Gasteiger partial charge in [0, 0.05) is 0 Å². The van der Waals surface area contributed by atoms with Crippen molar-refractivity contribution in [3.8, 4) is 0 Å². The Bertz CT molecular complexity index is 265. The molecule has 0 atom stereocenters. The minimum Gasteiger partial charge on any atom is -0.0839 e. The lowest BCUT2D eigenvalue weighted by molar-refractivity contribution is 0.0693. The van der Waals surface area contributed by atoms with Gasteiger partial charge < -0.3 is 0 Å². The van der Waals surface area contributed by atoms with E-state index in [1.54, 1.807) is 0 Å². The van der Waals surface area contributed by atoms with Crippen LogP contribution < -0.4 is 0 Å². The number of allylic oxidation sites excluding steroid dienone is 6. The van der Waals surface area contributed by atoms with Gasteiger partial charge >= 0.3 is 0 Å². The monoisotopic (exact) mass is 156 g/mol. The number of hydrogen-bond donors (Lipinski definition) is 0. The fourth-order valence-electron chi connectivity index (χ4n) is 3.56. The van der Waals surface area contributed by atoms with Gasteiger partial charge in [0.05, 0.1) is 0 Å². The van der Waals surface area contributed by atoms with Crippen LogP contribution in [0.5, 0.6) is 0 Å². The molecule has 0 aromatic heterocycles. The van der Waals surface area contributed by atoms with Crippen molar-refractivity contribution in [1.82, 2.24) is 0 Å². The van der Waals surface area contributed by atoms with Crippen LogP contribution in [0.2, 0.25) is 0 Å². The molecule has 1 fully saturated rings. The van der Waals surface area contributed by atoms with Crippen LogP contribution in [0.4, 0.5) is 0 Å². The van der Waals surface area contributed by atoms with Crippen LogP contribution in [-0.2, 0) is 0 Å². The average Bonchev–Trinajstić information content (AvgIpc) is 1.89. The topological polar surface area (TPSA) is 0 Å². The van der Waals surface area contributed by atoms with Crippen LogP contribution in [0.25, 0.3) is 0 Å². The fraction of sp³-hybridized carbons (Fsp3) is 0.500. The molecule has 0 nitrogen and oxygen atoms in total. The molecule has 60 valence electrons. The van der Waals surface area contributed by atoms with Gasteiger partial charge in [0.2, 0.25) is 0 Å². The van der Waals surface area contributed by atoms with Gasteiger partial charge in [-0.1, -0.05) is 36.5 Å². The molecule has 5 aliphatic rings. The molecule has 0 unspecified atom stereocenters. The third-order valence-electron chi connectivity index (χ3n) is 4.33. The van der Waals surface area contributed by atoms with Crippen molar-refractivity contribution in [3.05, 3.63) is 36.5 Å². The van der Waals surface area contributed by atoms with Crippen molar-refractivity contribution in [1.29, 1.82) is 0 Å². The first kappa shape index (κ1) is 5.80. The van der Waals surface area contributed by atoms with E-state index in [-0.39, 0.29) is 0 Å². The summed E-state index contributed by atoms with van der Waals surface area (Å²) in [5, 5.41) is 0. The Labute approximate surface area is 72.7 Å². The molecule has 2 bridgehead atoms. The van der Waals surface area contributed by atoms with Gasteiger partial charge in [-0.2, -0.15) is 0 Å². The van der Waals surface area contributed by atoms with Gasteiger partial charge in [-0.15, -0.1) is 0 Å². The third kappa shape index (κ3) is 0.426. The second-order valence-electron chi connectivity index (χ2n) is 4.62. The van der Waals surface area contributed by atoms with Gasteiger partial charge in [0.15, 0.2) is 0 Å². The van der Waals surface area contributed by atoms with E-state index in [0.717, 1.165) is 35.5 Å². The highest BCUT2D eigenvalue weighted by Crippen LogP contribution is 2.59. The molecular formula is C12H12. The van der Waals surface area contributed by atoms with Gasteiger partial charge in [0.25, 0.3) is 0 Å². The molecule has 5 rings (SSSR count). The summed E-state index contributed by atoms with van der Waals surface area (Å²) >= 11 is 0. The minimum atomic E-state index is 0.861. The second-order valence-corrected chi connectivity index (χ2v) is 4.62. The summed E-state index contributed by atoms with van der Waals surface area (Å²) in [6, 6.07) is 0. The lowest BCUT2D eigenvalue weighted by Crippen LogP contribution is -2.51. The molecule has 0 aromatic carbocycles. The highest BCUT2D eigenvalue weighted by molar-refractivity contribution is 5.34. The van der Waals surface area contributed by atoms with Gasteiger partial charge in [-0.05, 0) is 35.5 Å². The Morgan fingerprint density at radius 1 is 0.333 bits per heavy atom. The summed E-state index contributed by atoms with van der Waals surface area (Å²) in [6.07, 6.45) is 14.6. The van der Waals surface area contributed by atoms with E-state index < -0.39 is 0 Å². The molecule has 0 amide bonds. The van der Waals surface area contributed by atoms with Crippen LogP contribution in [-0.4, -0.2) is 0 Å². The smallest absolute Gasteiger partial charge is 0.00957 e. The van der Waals surface area contributed by atoms with Crippen molar-refractivity contribution in [2.45, 2.75) is 0 Å². The predicted molar refractivity (Wildman–Crippen MR) is 48.4 cm³/mol. The molecule has 0 spiro atoms. The standard InChI is InChI=1S/C12H12/c1-2-8-7(1)11-5-6-12(8)10-4-3-9(10)11/h1-12H. The molecule has 0 heteroatoms. The molecule has 0 radical (unpaired) electrons. The maximum absolute atomic E-state index is 2.47. The summed E-state index contributed by atoms with van der Waals surface area (Å²) in [5.74, 6) is 5.36. The zero-order valence-corrected chi connectivity index (χ0v) is 6.93. The van der Waals surface area contributed by atoms with Gasteiger partial charge in [0.1, 0.15) is 0 Å². The molecule has 0 saturated heterocycles. The van der Waals surface area contributed by atoms with E-state index in [1.807, 2.05) is 0 Å². The Morgan fingerprint density at radius 2 is 0.500 bits per heavy atom. The second kappa shape index (κ2) is 1.61. The molecule has 0 aromatic rings. The summed E-state index contributed by atoms with van der Waals surface area (Å²) < 4.78 is 0.